The highest BCUT2D eigenvalue weighted by molar-refractivity contribution is 6.08. The monoisotopic (exact) mass is 298 g/mol. The zero-order valence-corrected chi connectivity index (χ0v) is 12.5. The number of hydrogen-bond acceptors (Lipinski definition) is 4. The standard InChI is InChI=1S/C18H18O4/c1-12(2)22-18(21)15-11-7-6-10-14(15)17(20)16(19)13-8-4-3-5-9-13/h3-12,16,19H,1-2H3. The summed E-state index contributed by atoms with van der Waals surface area (Å²) in [5.41, 5.74) is 0.806. The molecule has 0 bridgehead atoms. The molecule has 2 aromatic carbocycles. The van der Waals surface area contributed by atoms with Gasteiger partial charge in [-0.2, -0.15) is 0 Å². The maximum Gasteiger partial charge on any atom is 0.339 e. The molecule has 114 valence electrons. The number of carbonyl (C=O) groups excluding carboxylic acids is 2. The minimum absolute atomic E-state index is 0.157. The van der Waals surface area contributed by atoms with E-state index in [1.54, 1.807) is 56.3 Å². The first-order chi connectivity index (χ1) is 10.5. The number of carbonyl (C=O) groups is 2. The lowest BCUT2D eigenvalue weighted by Crippen LogP contribution is -2.19. The van der Waals surface area contributed by atoms with Crippen molar-refractivity contribution in [2.45, 2.75) is 26.1 Å². The van der Waals surface area contributed by atoms with E-state index in [0.29, 0.717) is 5.56 Å². The number of ketones is 1. The maximum absolute atomic E-state index is 12.5. The highest BCUT2D eigenvalue weighted by Gasteiger charge is 2.24. The quantitative estimate of drug-likeness (QED) is 0.680. The summed E-state index contributed by atoms with van der Waals surface area (Å²) < 4.78 is 5.14. The van der Waals surface area contributed by atoms with Gasteiger partial charge in [0.25, 0.3) is 0 Å². The van der Waals surface area contributed by atoms with Crippen LogP contribution in [-0.4, -0.2) is 23.0 Å². The van der Waals surface area contributed by atoms with E-state index in [0.717, 1.165) is 0 Å². The van der Waals surface area contributed by atoms with E-state index in [1.807, 2.05) is 0 Å². The van der Waals surface area contributed by atoms with Gasteiger partial charge in [-0.3, -0.25) is 4.79 Å². The van der Waals surface area contributed by atoms with Crippen molar-refractivity contribution in [1.29, 1.82) is 0 Å². The molecule has 4 nitrogen and oxygen atoms in total. The number of benzene rings is 2. The molecule has 2 aromatic rings. The van der Waals surface area contributed by atoms with Gasteiger partial charge in [0.1, 0.15) is 6.10 Å². The van der Waals surface area contributed by atoms with Crippen molar-refractivity contribution in [2.75, 3.05) is 0 Å². The smallest absolute Gasteiger partial charge is 0.339 e. The largest absolute Gasteiger partial charge is 0.459 e. The average molecular weight is 298 g/mol. The molecule has 4 heteroatoms. The van der Waals surface area contributed by atoms with Crippen molar-refractivity contribution in [3.63, 3.8) is 0 Å². The van der Waals surface area contributed by atoms with Crippen LogP contribution in [0.3, 0.4) is 0 Å². The first-order valence-electron chi connectivity index (χ1n) is 7.08. The van der Waals surface area contributed by atoms with Crippen LogP contribution >= 0.6 is 0 Å². The van der Waals surface area contributed by atoms with E-state index >= 15 is 0 Å². The van der Waals surface area contributed by atoms with Crippen molar-refractivity contribution < 1.29 is 19.4 Å². The molecule has 0 saturated carbocycles. The fraction of sp³-hybridized carbons (Fsp3) is 0.222. The summed E-state index contributed by atoms with van der Waals surface area (Å²) in [7, 11) is 0. The van der Waals surface area contributed by atoms with Gasteiger partial charge in [0.2, 0.25) is 0 Å². The van der Waals surface area contributed by atoms with Crippen molar-refractivity contribution in [3.05, 3.63) is 71.3 Å². The predicted octanol–water partition coefficient (Wildman–Crippen LogP) is 3.17. The molecule has 0 aliphatic heterocycles. The topological polar surface area (TPSA) is 63.6 Å². The van der Waals surface area contributed by atoms with Gasteiger partial charge in [-0.05, 0) is 25.5 Å². The third kappa shape index (κ3) is 3.59. The van der Waals surface area contributed by atoms with Crippen LogP contribution < -0.4 is 0 Å². The Kier molecular flexibility index (Phi) is 5.07. The van der Waals surface area contributed by atoms with E-state index in [9.17, 15) is 14.7 Å². The maximum atomic E-state index is 12.5. The van der Waals surface area contributed by atoms with Gasteiger partial charge in [0.05, 0.1) is 11.7 Å². The molecule has 0 saturated heterocycles. The lowest BCUT2D eigenvalue weighted by molar-refractivity contribution is 0.0373. The molecule has 22 heavy (non-hydrogen) atoms. The van der Waals surface area contributed by atoms with Crippen LogP contribution in [0.4, 0.5) is 0 Å². The third-order valence-electron chi connectivity index (χ3n) is 3.12. The molecule has 1 atom stereocenters. The van der Waals surface area contributed by atoms with Crippen LogP contribution in [0.2, 0.25) is 0 Å². The molecule has 1 N–H and O–H groups in total. The highest BCUT2D eigenvalue weighted by atomic mass is 16.5. The second-order valence-corrected chi connectivity index (χ2v) is 5.18. The molecular formula is C18H18O4. The summed E-state index contributed by atoms with van der Waals surface area (Å²) in [5.74, 6) is -1.10. The van der Waals surface area contributed by atoms with Gasteiger partial charge < -0.3 is 9.84 Å². The minimum Gasteiger partial charge on any atom is -0.459 e. The minimum atomic E-state index is -1.31. The molecular weight excluding hydrogens is 280 g/mol. The Morgan fingerprint density at radius 2 is 1.45 bits per heavy atom. The lowest BCUT2D eigenvalue weighted by Gasteiger charge is -2.14. The Morgan fingerprint density at radius 3 is 2.05 bits per heavy atom. The summed E-state index contributed by atoms with van der Waals surface area (Å²) in [4.78, 5) is 24.6. The van der Waals surface area contributed by atoms with Crippen LogP contribution in [0.15, 0.2) is 54.6 Å². The Hall–Kier alpha value is -2.46. The molecule has 0 heterocycles. The van der Waals surface area contributed by atoms with Gasteiger partial charge in [-0.15, -0.1) is 0 Å². The number of rotatable bonds is 5. The molecule has 1 unspecified atom stereocenters. The zero-order valence-electron chi connectivity index (χ0n) is 12.5. The Balaban J connectivity index is 2.32. The summed E-state index contributed by atoms with van der Waals surface area (Å²) in [6.07, 6.45) is -1.59. The van der Waals surface area contributed by atoms with Crippen LogP contribution in [0.1, 0.15) is 46.2 Å². The molecule has 0 radical (unpaired) electrons. The Bertz CT molecular complexity index is 662. The van der Waals surface area contributed by atoms with Gasteiger partial charge in [0.15, 0.2) is 5.78 Å². The van der Waals surface area contributed by atoms with Gasteiger partial charge in [-0.25, -0.2) is 4.79 Å². The van der Waals surface area contributed by atoms with Crippen LogP contribution in [0.5, 0.6) is 0 Å². The summed E-state index contributed by atoms with van der Waals surface area (Å²) in [6, 6.07) is 15.0. The fourth-order valence-electron chi connectivity index (χ4n) is 2.09. The number of aliphatic hydroxyl groups excluding tert-OH is 1. The number of ether oxygens (including phenoxy) is 1. The molecule has 0 aromatic heterocycles. The van der Waals surface area contributed by atoms with Crippen molar-refractivity contribution in [3.8, 4) is 0 Å². The van der Waals surface area contributed by atoms with E-state index in [2.05, 4.69) is 0 Å². The van der Waals surface area contributed by atoms with Gasteiger partial charge in [-0.1, -0.05) is 48.5 Å². The van der Waals surface area contributed by atoms with E-state index < -0.39 is 17.9 Å². The summed E-state index contributed by atoms with van der Waals surface area (Å²) in [6.45, 7) is 3.47. The van der Waals surface area contributed by atoms with E-state index in [1.165, 1.54) is 12.1 Å². The normalized spacial score (nSPS) is 12.0. The Morgan fingerprint density at radius 1 is 0.909 bits per heavy atom. The third-order valence-corrected chi connectivity index (χ3v) is 3.12. The number of aliphatic hydroxyl groups is 1. The SMILES string of the molecule is CC(C)OC(=O)c1ccccc1C(=O)C(O)c1ccccc1. The van der Waals surface area contributed by atoms with Crippen LogP contribution in [0, 0.1) is 0 Å². The summed E-state index contributed by atoms with van der Waals surface area (Å²) in [5, 5.41) is 10.2. The molecule has 0 amide bonds. The second kappa shape index (κ2) is 7.00. The fourth-order valence-corrected chi connectivity index (χ4v) is 2.09. The Labute approximate surface area is 129 Å². The summed E-state index contributed by atoms with van der Waals surface area (Å²) >= 11 is 0. The van der Waals surface area contributed by atoms with E-state index in [4.69, 9.17) is 4.74 Å². The van der Waals surface area contributed by atoms with Crippen LogP contribution in [-0.2, 0) is 4.74 Å². The molecule has 0 aliphatic rings. The lowest BCUT2D eigenvalue weighted by atomic mass is 9.96. The first-order valence-corrected chi connectivity index (χ1v) is 7.08. The predicted molar refractivity (Wildman–Crippen MR) is 82.7 cm³/mol. The molecule has 2 rings (SSSR count). The number of esters is 1. The second-order valence-electron chi connectivity index (χ2n) is 5.18. The van der Waals surface area contributed by atoms with Crippen molar-refractivity contribution in [1.82, 2.24) is 0 Å². The average Bonchev–Trinajstić information content (AvgIpc) is 2.53. The molecule has 0 fully saturated rings. The van der Waals surface area contributed by atoms with Gasteiger partial charge in [0, 0.05) is 5.56 Å². The van der Waals surface area contributed by atoms with Crippen molar-refractivity contribution in [2.24, 2.45) is 0 Å². The van der Waals surface area contributed by atoms with Crippen LogP contribution in [0.25, 0.3) is 0 Å². The molecule has 0 aliphatic carbocycles. The van der Waals surface area contributed by atoms with Crippen molar-refractivity contribution >= 4 is 11.8 Å². The van der Waals surface area contributed by atoms with Gasteiger partial charge >= 0.3 is 5.97 Å². The molecule has 0 spiro atoms. The van der Waals surface area contributed by atoms with E-state index in [-0.39, 0.29) is 17.2 Å². The zero-order chi connectivity index (χ0) is 16.1. The number of hydrogen-bond donors (Lipinski definition) is 1. The highest BCUT2D eigenvalue weighted by Crippen LogP contribution is 2.21. The number of Topliss-reactive ketones (excluding diaryl/α,β-unsaturated/α-hetero) is 1. The first kappa shape index (κ1) is 15.9.